The predicted octanol–water partition coefficient (Wildman–Crippen LogP) is 17.5. The maximum absolute atomic E-state index is 6.49. The fourth-order valence-corrected chi connectivity index (χ4v) is 11.1. The van der Waals surface area contributed by atoms with Crippen LogP contribution in [0.5, 0.6) is 0 Å². The number of rotatable bonds is 7. The van der Waals surface area contributed by atoms with E-state index >= 15 is 0 Å². The smallest absolute Gasteiger partial charge is 0.143 e. The molecule has 0 unspecified atom stereocenters. The fraction of sp³-hybridized carbons (Fsp3) is 0. The number of fused-ring (bicyclic) bond motifs is 9. The lowest BCUT2D eigenvalue weighted by molar-refractivity contribution is 0.670. The van der Waals surface area contributed by atoms with Crippen LogP contribution < -0.4 is 4.90 Å². The molecule has 13 aromatic rings. The Bertz CT molecular complexity index is 3840. The number of thiophene rings is 1. The van der Waals surface area contributed by atoms with Crippen molar-refractivity contribution in [3.63, 3.8) is 0 Å². The van der Waals surface area contributed by atoms with Crippen molar-refractivity contribution < 1.29 is 4.42 Å². The second-order valence-corrected chi connectivity index (χ2v) is 17.5. The molecule has 3 nitrogen and oxygen atoms in total. The number of hydrogen-bond donors (Lipinski definition) is 0. The molecule has 0 saturated carbocycles. The van der Waals surface area contributed by atoms with Gasteiger partial charge in [-0.2, -0.15) is 0 Å². The molecule has 0 bridgehead atoms. The third-order valence-corrected chi connectivity index (χ3v) is 14.0. The minimum absolute atomic E-state index is 0.903. The summed E-state index contributed by atoms with van der Waals surface area (Å²) in [5.41, 5.74) is 15.6. The maximum Gasteiger partial charge on any atom is 0.143 e. The fourth-order valence-electron chi connectivity index (χ4n) is 9.86. The van der Waals surface area contributed by atoms with E-state index in [1.807, 2.05) is 23.5 Å². The van der Waals surface area contributed by atoms with Crippen LogP contribution in [0.1, 0.15) is 0 Å². The highest BCUT2D eigenvalue weighted by molar-refractivity contribution is 7.26. The second kappa shape index (κ2) is 14.7. The van der Waals surface area contributed by atoms with Gasteiger partial charge in [0.15, 0.2) is 0 Å². The van der Waals surface area contributed by atoms with Crippen molar-refractivity contribution in [2.24, 2.45) is 0 Å². The van der Waals surface area contributed by atoms with Gasteiger partial charge in [0.2, 0.25) is 0 Å². The van der Waals surface area contributed by atoms with E-state index < -0.39 is 0 Å². The van der Waals surface area contributed by atoms with E-state index in [0.29, 0.717) is 0 Å². The van der Waals surface area contributed by atoms with Crippen LogP contribution in [0.15, 0.2) is 235 Å². The topological polar surface area (TPSA) is 21.3 Å². The van der Waals surface area contributed by atoms with Gasteiger partial charge in [0.1, 0.15) is 11.2 Å². The summed E-state index contributed by atoms with van der Waals surface area (Å²) < 4.78 is 11.4. The Morgan fingerprint density at radius 1 is 0.391 bits per heavy atom. The summed E-state index contributed by atoms with van der Waals surface area (Å²) in [5.74, 6) is 0. The minimum atomic E-state index is 0.903. The van der Waals surface area contributed by atoms with Crippen LogP contribution in [0.2, 0.25) is 0 Å². The molecule has 4 heteroatoms. The highest BCUT2D eigenvalue weighted by Crippen LogP contribution is 2.49. The zero-order valence-corrected chi connectivity index (χ0v) is 35.5. The van der Waals surface area contributed by atoms with Gasteiger partial charge in [-0.25, -0.2) is 0 Å². The third-order valence-electron chi connectivity index (χ3n) is 12.8. The molecule has 0 spiro atoms. The quantitative estimate of drug-likeness (QED) is 0.159. The number of benzene rings is 10. The lowest BCUT2D eigenvalue weighted by Crippen LogP contribution is -2.10. The molecule has 3 heterocycles. The molecule has 10 aromatic carbocycles. The summed E-state index contributed by atoms with van der Waals surface area (Å²) >= 11 is 1.87. The molecular weight excluding hydrogens is 797 g/mol. The Kier molecular flexibility index (Phi) is 8.40. The van der Waals surface area contributed by atoms with Gasteiger partial charge in [0.05, 0.1) is 16.7 Å². The van der Waals surface area contributed by atoms with E-state index in [4.69, 9.17) is 4.42 Å². The van der Waals surface area contributed by atoms with Crippen LogP contribution in [0.3, 0.4) is 0 Å². The SMILES string of the molecule is c1ccc(-c2ccc(N(c3ccc(-c4cccc5c4oc4ccccc45)cc3)c3ccc(-c4cccc(-n5c6ccccc6c6ccccc65)c4)c4sc5ccccc5c34)cc2)cc1. The van der Waals surface area contributed by atoms with Crippen molar-refractivity contribution >= 4 is 92.3 Å². The molecule has 300 valence electrons. The standard InChI is InChI=1S/C60H38N2OS/c1-2-14-39(15-3-1)40-28-32-43(33-29-40)61(44-34-30-41(31-35-44)46-22-13-23-51-50-20-6-10-26-56(50)63-59(46)51)55-37-36-47(60-58(55)52-21-7-11-27-57(52)64-60)42-16-12-17-45(38-42)62-53-24-8-4-18-48(53)49-19-5-9-25-54(49)62/h1-38H. The number of hydrogen-bond acceptors (Lipinski definition) is 3. The summed E-state index contributed by atoms with van der Waals surface area (Å²) in [7, 11) is 0. The lowest BCUT2D eigenvalue weighted by Gasteiger charge is -2.27. The molecule has 3 aromatic heterocycles. The van der Waals surface area contributed by atoms with E-state index in [1.165, 1.54) is 64.2 Å². The van der Waals surface area contributed by atoms with Crippen LogP contribution >= 0.6 is 11.3 Å². The molecule has 64 heavy (non-hydrogen) atoms. The molecule has 0 aliphatic carbocycles. The minimum Gasteiger partial charge on any atom is -0.455 e. The molecule has 0 amide bonds. The van der Waals surface area contributed by atoms with Crippen molar-refractivity contribution in [1.29, 1.82) is 0 Å². The highest BCUT2D eigenvalue weighted by Gasteiger charge is 2.22. The average molecular weight is 835 g/mol. The summed E-state index contributed by atoms with van der Waals surface area (Å²) in [6.07, 6.45) is 0. The van der Waals surface area contributed by atoms with E-state index in [2.05, 4.69) is 228 Å². The first kappa shape index (κ1) is 36.5. The normalized spacial score (nSPS) is 11.8. The largest absolute Gasteiger partial charge is 0.455 e. The molecule has 13 rings (SSSR count). The molecule has 0 N–H and O–H groups in total. The van der Waals surface area contributed by atoms with Gasteiger partial charge >= 0.3 is 0 Å². The second-order valence-electron chi connectivity index (χ2n) is 16.4. The van der Waals surface area contributed by atoms with Crippen molar-refractivity contribution in [3.8, 4) is 39.1 Å². The summed E-state index contributed by atoms with van der Waals surface area (Å²) in [5, 5.41) is 7.27. The number of aromatic nitrogens is 1. The predicted molar refractivity (Wildman–Crippen MR) is 272 cm³/mol. The van der Waals surface area contributed by atoms with Crippen LogP contribution in [0, 0.1) is 0 Å². The third kappa shape index (κ3) is 5.81. The first-order valence-electron chi connectivity index (χ1n) is 21.7. The molecular formula is C60H38N2OS. The molecule has 0 atom stereocenters. The first-order valence-corrected chi connectivity index (χ1v) is 22.6. The van der Waals surface area contributed by atoms with Crippen molar-refractivity contribution in [2.75, 3.05) is 4.90 Å². The molecule has 0 aliphatic rings. The Labute approximate surface area is 373 Å². The van der Waals surface area contributed by atoms with Crippen LogP contribution in [0.25, 0.3) is 103 Å². The number of para-hydroxylation sites is 4. The van der Waals surface area contributed by atoms with Gasteiger partial charge < -0.3 is 13.9 Å². The number of anilines is 3. The van der Waals surface area contributed by atoms with E-state index in [1.54, 1.807) is 0 Å². The van der Waals surface area contributed by atoms with Crippen molar-refractivity contribution in [3.05, 3.63) is 231 Å². The lowest BCUT2D eigenvalue weighted by atomic mass is 9.98. The Morgan fingerprint density at radius 3 is 1.72 bits per heavy atom. The summed E-state index contributed by atoms with van der Waals surface area (Å²) in [6, 6.07) is 83.4. The van der Waals surface area contributed by atoms with Gasteiger partial charge in [-0.05, 0) is 94.5 Å². The Hall–Kier alpha value is -8.18. The molecule has 0 fully saturated rings. The van der Waals surface area contributed by atoms with E-state index in [0.717, 1.165) is 55.8 Å². The van der Waals surface area contributed by atoms with Crippen molar-refractivity contribution in [1.82, 2.24) is 4.57 Å². The van der Waals surface area contributed by atoms with Crippen LogP contribution in [0.4, 0.5) is 17.1 Å². The zero-order valence-electron chi connectivity index (χ0n) is 34.7. The molecule has 0 radical (unpaired) electrons. The zero-order chi connectivity index (χ0) is 42.1. The van der Waals surface area contributed by atoms with E-state index in [-0.39, 0.29) is 0 Å². The monoisotopic (exact) mass is 834 g/mol. The van der Waals surface area contributed by atoms with Crippen molar-refractivity contribution in [2.45, 2.75) is 0 Å². The maximum atomic E-state index is 6.49. The Balaban J connectivity index is 0.991. The summed E-state index contributed by atoms with van der Waals surface area (Å²) in [6.45, 7) is 0. The number of furan rings is 1. The Morgan fingerprint density at radius 2 is 0.969 bits per heavy atom. The van der Waals surface area contributed by atoms with E-state index in [9.17, 15) is 0 Å². The highest BCUT2D eigenvalue weighted by atomic mass is 32.1. The number of nitrogens with zero attached hydrogens (tertiary/aromatic N) is 2. The first-order chi connectivity index (χ1) is 31.7. The van der Waals surface area contributed by atoms with Gasteiger partial charge in [0, 0.05) is 64.3 Å². The van der Waals surface area contributed by atoms with Gasteiger partial charge in [0.25, 0.3) is 0 Å². The summed E-state index contributed by atoms with van der Waals surface area (Å²) in [4.78, 5) is 2.43. The van der Waals surface area contributed by atoms with Crippen LogP contribution in [-0.2, 0) is 0 Å². The molecule has 0 aliphatic heterocycles. The van der Waals surface area contributed by atoms with Gasteiger partial charge in [-0.3, -0.25) is 0 Å². The van der Waals surface area contributed by atoms with Gasteiger partial charge in [-0.15, -0.1) is 11.3 Å². The van der Waals surface area contributed by atoms with Gasteiger partial charge in [-0.1, -0.05) is 164 Å². The van der Waals surface area contributed by atoms with Crippen LogP contribution in [-0.4, -0.2) is 4.57 Å². The average Bonchev–Trinajstić information content (AvgIpc) is 4.05. The molecule has 0 saturated heterocycles.